The van der Waals surface area contributed by atoms with Crippen LogP contribution >= 0.6 is 0 Å². The third-order valence-corrected chi connectivity index (χ3v) is 2.10. The van der Waals surface area contributed by atoms with Gasteiger partial charge in [-0.15, -0.1) is 0 Å². The summed E-state index contributed by atoms with van der Waals surface area (Å²) in [5.41, 5.74) is 3.90. The van der Waals surface area contributed by atoms with Crippen molar-refractivity contribution in [1.82, 2.24) is 10.4 Å². The van der Waals surface area contributed by atoms with Crippen molar-refractivity contribution in [1.29, 1.82) is 0 Å². The van der Waals surface area contributed by atoms with Crippen LogP contribution in [0.3, 0.4) is 0 Å². The number of aromatic nitrogens is 1. The number of hydrogen-bond acceptors (Lipinski definition) is 3. The number of carbonyl (C=O) groups is 1. The summed E-state index contributed by atoms with van der Waals surface area (Å²) in [5.74, 6) is 0. The standard InChI is InChI=1S/C13H12N4O/c18-13(16-12-7-4-8-14-10-12)17-15-9-11-5-2-1-3-6-11/h1-10H,(H2,16,17,18)/b15-9+. The van der Waals surface area contributed by atoms with E-state index in [9.17, 15) is 4.79 Å². The van der Waals surface area contributed by atoms with Gasteiger partial charge in [0.05, 0.1) is 18.1 Å². The lowest BCUT2D eigenvalue weighted by molar-refractivity contribution is 0.252. The van der Waals surface area contributed by atoms with Gasteiger partial charge in [-0.05, 0) is 17.7 Å². The summed E-state index contributed by atoms with van der Waals surface area (Å²) in [6.07, 6.45) is 4.76. The van der Waals surface area contributed by atoms with Gasteiger partial charge < -0.3 is 5.32 Å². The number of anilines is 1. The zero-order valence-corrected chi connectivity index (χ0v) is 9.58. The highest BCUT2D eigenvalue weighted by Crippen LogP contribution is 2.01. The monoisotopic (exact) mass is 240 g/mol. The van der Waals surface area contributed by atoms with Gasteiger partial charge in [-0.3, -0.25) is 4.98 Å². The summed E-state index contributed by atoms with van der Waals surface area (Å²) >= 11 is 0. The van der Waals surface area contributed by atoms with Crippen LogP contribution in [0.25, 0.3) is 0 Å². The SMILES string of the molecule is O=C(N/N=C/c1ccccc1)Nc1cccnc1. The Labute approximate surface area is 105 Å². The van der Waals surface area contributed by atoms with E-state index >= 15 is 0 Å². The van der Waals surface area contributed by atoms with Crippen LogP contribution in [0.2, 0.25) is 0 Å². The fourth-order valence-corrected chi connectivity index (χ4v) is 1.30. The summed E-state index contributed by atoms with van der Waals surface area (Å²) in [6, 6.07) is 12.6. The normalized spacial score (nSPS) is 10.2. The molecular formula is C13H12N4O. The summed E-state index contributed by atoms with van der Waals surface area (Å²) in [4.78, 5) is 15.3. The van der Waals surface area contributed by atoms with Gasteiger partial charge in [-0.25, -0.2) is 10.2 Å². The molecule has 0 radical (unpaired) electrons. The van der Waals surface area contributed by atoms with Crippen LogP contribution in [0.4, 0.5) is 10.5 Å². The number of hydrogen-bond donors (Lipinski definition) is 2. The first-order chi connectivity index (χ1) is 8.84. The van der Waals surface area contributed by atoms with Gasteiger partial charge in [0, 0.05) is 6.20 Å². The van der Waals surface area contributed by atoms with Crippen molar-refractivity contribution in [2.75, 3.05) is 5.32 Å². The van der Waals surface area contributed by atoms with Crippen molar-refractivity contribution in [3.63, 3.8) is 0 Å². The first-order valence-corrected chi connectivity index (χ1v) is 5.40. The predicted molar refractivity (Wildman–Crippen MR) is 70.4 cm³/mol. The Hall–Kier alpha value is -2.69. The molecule has 0 aliphatic carbocycles. The van der Waals surface area contributed by atoms with E-state index < -0.39 is 6.03 Å². The third-order valence-electron chi connectivity index (χ3n) is 2.10. The maximum atomic E-state index is 11.4. The van der Waals surface area contributed by atoms with E-state index in [2.05, 4.69) is 20.8 Å². The van der Waals surface area contributed by atoms with E-state index in [1.807, 2.05) is 30.3 Å². The minimum Gasteiger partial charge on any atom is -0.305 e. The maximum absolute atomic E-state index is 11.4. The Balaban J connectivity index is 1.84. The van der Waals surface area contributed by atoms with Gasteiger partial charge in [-0.1, -0.05) is 30.3 Å². The molecule has 5 heteroatoms. The van der Waals surface area contributed by atoms with Gasteiger partial charge in [0.1, 0.15) is 0 Å². The Morgan fingerprint density at radius 2 is 2.00 bits per heavy atom. The summed E-state index contributed by atoms with van der Waals surface area (Å²) in [5, 5.41) is 6.43. The molecule has 0 saturated heterocycles. The molecule has 0 spiro atoms. The molecule has 0 atom stereocenters. The topological polar surface area (TPSA) is 66.4 Å². The molecule has 2 N–H and O–H groups in total. The van der Waals surface area contributed by atoms with Crippen LogP contribution in [0, 0.1) is 0 Å². The largest absolute Gasteiger partial charge is 0.339 e. The first kappa shape index (κ1) is 11.8. The number of amides is 2. The van der Waals surface area contributed by atoms with E-state index in [0.29, 0.717) is 5.69 Å². The molecule has 1 aromatic carbocycles. The van der Waals surface area contributed by atoms with Crippen molar-refractivity contribution in [2.24, 2.45) is 5.10 Å². The van der Waals surface area contributed by atoms with E-state index in [1.165, 1.54) is 0 Å². The second-order valence-electron chi connectivity index (χ2n) is 3.48. The Morgan fingerprint density at radius 3 is 2.72 bits per heavy atom. The number of urea groups is 1. The molecule has 0 fully saturated rings. The van der Waals surface area contributed by atoms with E-state index in [4.69, 9.17) is 0 Å². The molecule has 0 saturated carbocycles. The van der Waals surface area contributed by atoms with Crippen LogP contribution in [-0.2, 0) is 0 Å². The number of pyridine rings is 1. The number of carbonyl (C=O) groups excluding carboxylic acids is 1. The van der Waals surface area contributed by atoms with Crippen molar-refractivity contribution < 1.29 is 4.79 Å². The van der Waals surface area contributed by atoms with Crippen LogP contribution in [0.5, 0.6) is 0 Å². The summed E-state index contributed by atoms with van der Waals surface area (Å²) in [7, 11) is 0. The second-order valence-corrected chi connectivity index (χ2v) is 3.48. The molecule has 2 amide bonds. The number of benzene rings is 1. The lowest BCUT2D eigenvalue weighted by atomic mass is 10.2. The maximum Gasteiger partial charge on any atom is 0.339 e. The van der Waals surface area contributed by atoms with Crippen molar-refractivity contribution in [3.05, 3.63) is 60.4 Å². The highest BCUT2D eigenvalue weighted by molar-refractivity contribution is 5.90. The lowest BCUT2D eigenvalue weighted by Gasteiger charge is -2.02. The van der Waals surface area contributed by atoms with Gasteiger partial charge in [-0.2, -0.15) is 5.10 Å². The molecule has 0 aliphatic heterocycles. The molecule has 0 unspecified atom stereocenters. The molecule has 90 valence electrons. The smallest absolute Gasteiger partial charge is 0.305 e. The third kappa shape index (κ3) is 3.71. The van der Waals surface area contributed by atoms with E-state index in [0.717, 1.165) is 5.56 Å². The predicted octanol–water partition coefficient (Wildman–Crippen LogP) is 2.24. The molecule has 2 aromatic rings. The van der Waals surface area contributed by atoms with E-state index in [-0.39, 0.29) is 0 Å². The van der Waals surface area contributed by atoms with Gasteiger partial charge >= 0.3 is 6.03 Å². The number of nitrogens with zero attached hydrogens (tertiary/aromatic N) is 2. The quantitative estimate of drug-likeness (QED) is 0.638. The second kappa shape index (κ2) is 6.15. The number of nitrogens with one attached hydrogen (secondary N) is 2. The highest BCUT2D eigenvalue weighted by atomic mass is 16.2. The molecule has 18 heavy (non-hydrogen) atoms. The van der Waals surface area contributed by atoms with Crippen molar-refractivity contribution >= 4 is 17.9 Å². The van der Waals surface area contributed by atoms with Crippen molar-refractivity contribution in [3.8, 4) is 0 Å². The average Bonchev–Trinajstić information content (AvgIpc) is 2.41. The highest BCUT2D eigenvalue weighted by Gasteiger charge is 1.98. The fraction of sp³-hybridized carbons (Fsp3) is 0. The lowest BCUT2D eigenvalue weighted by Crippen LogP contribution is -2.24. The van der Waals surface area contributed by atoms with Crippen LogP contribution in [0.1, 0.15) is 5.56 Å². The molecule has 1 aromatic heterocycles. The van der Waals surface area contributed by atoms with Gasteiger partial charge in [0.25, 0.3) is 0 Å². The first-order valence-electron chi connectivity index (χ1n) is 5.40. The van der Waals surface area contributed by atoms with E-state index in [1.54, 1.807) is 30.7 Å². The Morgan fingerprint density at radius 1 is 1.17 bits per heavy atom. The van der Waals surface area contributed by atoms with Crippen LogP contribution in [-0.4, -0.2) is 17.2 Å². The van der Waals surface area contributed by atoms with Gasteiger partial charge in [0.2, 0.25) is 0 Å². The zero-order valence-electron chi connectivity index (χ0n) is 9.58. The minimum absolute atomic E-state index is 0.407. The Kier molecular flexibility index (Phi) is 4.02. The number of rotatable bonds is 3. The molecule has 0 aliphatic rings. The Bertz CT molecular complexity index is 525. The zero-order chi connectivity index (χ0) is 12.6. The van der Waals surface area contributed by atoms with Crippen LogP contribution in [0.15, 0.2) is 60.0 Å². The fourth-order valence-electron chi connectivity index (χ4n) is 1.30. The summed E-state index contributed by atoms with van der Waals surface area (Å²) in [6.45, 7) is 0. The molecule has 1 heterocycles. The van der Waals surface area contributed by atoms with Crippen LogP contribution < -0.4 is 10.7 Å². The molecule has 2 rings (SSSR count). The molecule has 0 bridgehead atoms. The van der Waals surface area contributed by atoms with Crippen molar-refractivity contribution in [2.45, 2.75) is 0 Å². The average molecular weight is 240 g/mol. The minimum atomic E-state index is -0.407. The van der Waals surface area contributed by atoms with Gasteiger partial charge in [0.15, 0.2) is 0 Å². The molecule has 5 nitrogen and oxygen atoms in total. The summed E-state index contributed by atoms with van der Waals surface area (Å²) < 4.78 is 0. The number of hydrazone groups is 1. The molecular weight excluding hydrogens is 228 g/mol.